The smallest absolute Gasteiger partial charge is 0.203 e. The average Bonchev–Trinajstić information content (AvgIpc) is 2.67. The van der Waals surface area contributed by atoms with Gasteiger partial charge in [0.15, 0.2) is 11.5 Å². The zero-order valence-corrected chi connectivity index (χ0v) is 17.0. The third kappa shape index (κ3) is 4.14. The van der Waals surface area contributed by atoms with E-state index in [0.29, 0.717) is 17.5 Å². The number of ether oxygens (including phenoxy) is 3. The van der Waals surface area contributed by atoms with Crippen LogP contribution in [0.25, 0.3) is 0 Å². The van der Waals surface area contributed by atoms with Gasteiger partial charge in [-0.15, -0.1) is 0 Å². The van der Waals surface area contributed by atoms with Gasteiger partial charge in [0.25, 0.3) is 0 Å². The predicted octanol–water partition coefficient (Wildman–Crippen LogP) is 3.73. The monoisotopic (exact) mass is 370 g/mol. The molecule has 146 valence electrons. The van der Waals surface area contributed by atoms with Gasteiger partial charge < -0.3 is 19.1 Å². The summed E-state index contributed by atoms with van der Waals surface area (Å²) in [6.45, 7) is 8.30. The van der Waals surface area contributed by atoms with E-state index in [9.17, 15) is 0 Å². The van der Waals surface area contributed by atoms with Crippen molar-refractivity contribution < 1.29 is 14.2 Å². The minimum absolute atomic E-state index is 0.451. The Balaban J connectivity index is 1.73. The summed E-state index contributed by atoms with van der Waals surface area (Å²) >= 11 is 0. The summed E-state index contributed by atoms with van der Waals surface area (Å²) in [5, 5.41) is 0. The second kappa shape index (κ2) is 8.53. The molecule has 5 nitrogen and oxygen atoms in total. The minimum Gasteiger partial charge on any atom is -0.493 e. The van der Waals surface area contributed by atoms with E-state index in [-0.39, 0.29) is 0 Å². The van der Waals surface area contributed by atoms with Gasteiger partial charge in [-0.25, -0.2) is 0 Å². The first-order chi connectivity index (χ1) is 13.1. The molecule has 0 aliphatic carbocycles. The maximum absolute atomic E-state index is 5.64. The fraction of sp³-hybridized carbons (Fsp3) is 0.455. The first-order valence-corrected chi connectivity index (χ1v) is 9.41. The van der Waals surface area contributed by atoms with Crippen molar-refractivity contribution in [3.05, 3.63) is 47.5 Å². The Morgan fingerprint density at radius 2 is 1.74 bits per heavy atom. The van der Waals surface area contributed by atoms with E-state index in [2.05, 4.69) is 54.0 Å². The highest BCUT2D eigenvalue weighted by Gasteiger charge is 2.25. The molecule has 0 saturated carbocycles. The Labute approximate surface area is 162 Å². The molecule has 0 aromatic heterocycles. The summed E-state index contributed by atoms with van der Waals surface area (Å²) < 4.78 is 16.5. The molecule has 0 bridgehead atoms. The summed E-state index contributed by atoms with van der Waals surface area (Å²) in [6, 6.07) is 13.2. The summed E-state index contributed by atoms with van der Waals surface area (Å²) in [4.78, 5) is 4.97. The summed E-state index contributed by atoms with van der Waals surface area (Å²) in [5.74, 6) is 2.10. The van der Waals surface area contributed by atoms with E-state index >= 15 is 0 Å². The lowest BCUT2D eigenvalue weighted by Crippen LogP contribution is -2.51. The van der Waals surface area contributed by atoms with E-state index < -0.39 is 0 Å². The molecule has 0 spiro atoms. The number of hydrogen-bond acceptors (Lipinski definition) is 5. The summed E-state index contributed by atoms with van der Waals surface area (Å²) in [5.41, 5.74) is 3.73. The summed E-state index contributed by atoms with van der Waals surface area (Å²) in [7, 11) is 4.97. The van der Waals surface area contributed by atoms with Gasteiger partial charge in [-0.2, -0.15) is 0 Å². The van der Waals surface area contributed by atoms with E-state index in [1.807, 2.05) is 6.07 Å². The molecule has 2 aromatic rings. The van der Waals surface area contributed by atoms with Crippen LogP contribution in [-0.4, -0.2) is 51.9 Å². The Hall–Kier alpha value is -2.40. The molecular weight excluding hydrogens is 340 g/mol. The van der Waals surface area contributed by atoms with Crippen molar-refractivity contribution in [1.29, 1.82) is 0 Å². The molecule has 2 aromatic carbocycles. The molecule has 1 saturated heterocycles. The second-order valence-corrected chi connectivity index (χ2v) is 7.11. The first kappa shape index (κ1) is 19.4. The van der Waals surface area contributed by atoms with Crippen molar-refractivity contribution >= 4 is 5.69 Å². The van der Waals surface area contributed by atoms with Crippen LogP contribution in [0.15, 0.2) is 36.4 Å². The van der Waals surface area contributed by atoms with Crippen LogP contribution in [0.2, 0.25) is 0 Å². The zero-order valence-electron chi connectivity index (χ0n) is 17.0. The van der Waals surface area contributed by atoms with Crippen LogP contribution in [-0.2, 0) is 6.54 Å². The van der Waals surface area contributed by atoms with E-state index in [1.54, 1.807) is 21.3 Å². The number of anilines is 1. The van der Waals surface area contributed by atoms with Crippen LogP contribution >= 0.6 is 0 Å². The lowest BCUT2D eigenvalue weighted by atomic mass is 10.1. The highest BCUT2D eigenvalue weighted by molar-refractivity contribution is 5.56. The Morgan fingerprint density at radius 3 is 2.37 bits per heavy atom. The number of piperazine rings is 1. The van der Waals surface area contributed by atoms with Crippen molar-refractivity contribution in [2.45, 2.75) is 26.4 Å². The maximum atomic E-state index is 5.64. The van der Waals surface area contributed by atoms with Gasteiger partial charge in [0.2, 0.25) is 5.75 Å². The normalized spacial score (nSPS) is 17.7. The molecule has 5 heteroatoms. The molecule has 27 heavy (non-hydrogen) atoms. The molecule has 1 heterocycles. The largest absolute Gasteiger partial charge is 0.493 e. The third-order valence-corrected chi connectivity index (χ3v) is 5.22. The summed E-state index contributed by atoms with van der Waals surface area (Å²) in [6.07, 6.45) is 0. The molecule has 1 atom stereocenters. The Kier molecular flexibility index (Phi) is 6.11. The fourth-order valence-electron chi connectivity index (χ4n) is 3.90. The highest BCUT2D eigenvalue weighted by atomic mass is 16.5. The van der Waals surface area contributed by atoms with Crippen molar-refractivity contribution in [3.63, 3.8) is 0 Å². The molecule has 1 fully saturated rings. The highest BCUT2D eigenvalue weighted by Crippen LogP contribution is 2.40. The predicted molar refractivity (Wildman–Crippen MR) is 109 cm³/mol. The molecule has 1 aliphatic rings. The van der Waals surface area contributed by atoms with Gasteiger partial charge >= 0.3 is 0 Å². The average molecular weight is 370 g/mol. The molecule has 3 rings (SSSR count). The van der Waals surface area contributed by atoms with Crippen LogP contribution in [0.5, 0.6) is 17.2 Å². The molecular formula is C22H30N2O3. The molecule has 0 N–H and O–H groups in total. The lowest BCUT2D eigenvalue weighted by Gasteiger charge is -2.41. The van der Waals surface area contributed by atoms with E-state index in [4.69, 9.17) is 14.2 Å². The van der Waals surface area contributed by atoms with Crippen LogP contribution in [0.4, 0.5) is 5.69 Å². The number of aryl methyl sites for hydroxylation is 1. The minimum atomic E-state index is 0.451. The van der Waals surface area contributed by atoms with E-state index in [0.717, 1.165) is 37.5 Å². The quantitative estimate of drug-likeness (QED) is 0.774. The number of rotatable bonds is 6. The third-order valence-electron chi connectivity index (χ3n) is 5.22. The SMILES string of the molecule is COc1ccc(CN2CCN(c3cccc(C)c3)C(C)C2)c(OC)c1OC. The topological polar surface area (TPSA) is 34.2 Å². The van der Waals surface area contributed by atoms with Crippen LogP contribution in [0, 0.1) is 6.92 Å². The number of hydrogen-bond donors (Lipinski definition) is 0. The molecule has 1 aliphatic heterocycles. The van der Waals surface area contributed by atoms with Crippen molar-refractivity contribution in [1.82, 2.24) is 4.90 Å². The standard InChI is InChI=1S/C22H30N2O3/c1-16-7-6-8-19(13-16)24-12-11-23(14-17(24)2)15-18-9-10-20(25-3)22(27-5)21(18)26-4/h6-10,13,17H,11-12,14-15H2,1-5H3. The lowest BCUT2D eigenvalue weighted by molar-refractivity contribution is 0.217. The molecule has 1 unspecified atom stereocenters. The van der Waals surface area contributed by atoms with Gasteiger partial charge in [-0.3, -0.25) is 4.90 Å². The van der Waals surface area contributed by atoms with Crippen LogP contribution in [0.1, 0.15) is 18.1 Å². The zero-order chi connectivity index (χ0) is 19.4. The number of benzene rings is 2. The maximum Gasteiger partial charge on any atom is 0.203 e. The first-order valence-electron chi connectivity index (χ1n) is 9.41. The van der Waals surface area contributed by atoms with Crippen molar-refractivity contribution in [2.75, 3.05) is 45.9 Å². The van der Waals surface area contributed by atoms with E-state index in [1.165, 1.54) is 11.3 Å². The second-order valence-electron chi connectivity index (χ2n) is 7.11. The van der Waals surface area contributed by atoms with Gasteiger partial charge in [-0.1, -0.05) is 18.2 Å². The number of methoxy groups -OCH3 is 3. The van der Waals surface area contributed by atoms with Crippen molar-refractivity contribution in [2.24, 2.45) is 0 Å². The van der Waals surface area contributed by atoms with Crippen LogP contribution < -0.4 is 19.1 Å². The van der Waals surface area contributed by atoms with Crippen molar-refractivity contribution in [3.8, 4) is 17.2 Å². The molecule has 0 amide bonds. The van der Waals surface area contributed by atoms with Gasteiger partial charge in [0.1, 0.15) is 0 Å². The van der Waals surface area contributed by atoms with Crippen LogP contribution in [0.3, 0.4) is 0 Å². The Bertz CT molecular complexity index is 778. The molecule has 0 radical (unpaired) electrons. The van der Waals surface area contributed by atoms with Gasteiger partial charge in [-0.05, 0) is 37.6 Å². The van der Waals surface area contributed by atoms with Gasteiger partial charge in [0, 0.05) is 43.5 Å². The Morgan fingerprint density at radius 1 is 0.963 bits per heavy atom. The fourth-order valence-corrected chi connectivity index (χ4v) is 3.90. The van der Waals surface area contributed by atoms with Gasteiger partial charge in [0.05, 0.1) is 21.3 Å². The number of nitrogens with zero attached hydrogens (tertiary/aromatic N) is 2.